The summed E-state index contributed by atoms with van der Waals surface area (Å²) in [7, 11) is 0. The molecular formula is C22H21ClFN5O4S. The summed E-state index contributed by atoms with van der Waals surface area (Å²) < 4.78 is 19.2. The molecule has 5 rings (SSSR count). The number of hydrogen-bond donors (Lipinski definition) is 2. The molecule has 0 aliphatic carbocycles. The van der Waals surface area contributed by atoms with Crippen LogP contribution in [0.25, 0.3) is 0 Å². The first kappa shape index (κ1) is 22.8. The number of thiazole rings is 1. The number of halogens is 2. The molecular weight excluding hydrogens is 485 g/mol. The third-order valence-corrected chi connectivity index (χ3v) is 7.49. The van der Waals surface area contributed by atoms with Crippen LogP contribution in [0.4, 0.5) is 9.18 Å². The highest BCUT2D eigenvalue weighted by Crippen LogP contribution is 2.37. The van der Waals surface area contributed by atoms with Gasteiger partial charge in [-0.1, -0.05) is 17.7 Å². The maximum atomic E-state index is 14.0. The van der Waals surface area contributed by atoms with E-state index in [-0.39, 0.29) is 22.7 Å². The van der Waals surface area contributed by atoms with Crippen molar-refractivity contribution in [2.45, 2.75) is 19.0 Å². The first-order chi connectivity index (χ1) is 16.3. The van der Waals surface area contributed by atoms with Gasteiger partial charge in [0, 0.05) is 43.5 Å². The molecule has 1 aromatic carbocycles. The normalized spacial score (nSPS) is 22.9. The lowest BCUT2D eigenvalue weighted by Gasteiger charge is -2.37. The van der Waals surface area contributed by atoms with Crippen molar-refractivity contribution in [1.29, 1.82) is 0 Å². The van der Waals surface area contributed by atoms with E-state index in [2.05, 4.69) is 20.2 Å². The molecule has 2 N–H and O–H groups in total. The summed E-state index contributed by atoms with van der Waals surface area (Å²) in [5.41, 5.74) is 1.48. The Morgan fingerprint density at radius 2 is 2.24 bits per heavy atom. The Labute approximate surface area is 203 Å². The van der Waals surface area contributed by atoms with Crippen molar-refractivity contribution in [2.24, 2.45) is 4.99 Å². The number of fused-ring (bicyclic) bond motifs is 1. The molecule has 3 aliphatic heterocycles. The number of hydrogen-bond acceptors (Lipinski definition) is 8. The predicted octanol–water partition coefficient (Wildman–Crippen LogP) is 2.81. The number of amides is 1. The monoisotopic (exact) mass is 505 g/mol. The number of amidine groups is 1. The molecule has 2 atom stereocenters. The summed E-state index contributed by atoms with van der Waals surface area (Å²) in [6.45, 7) is 3.89. The second-order valence-electron chi connectivity index (χ2n) is 8.27. The van der Waals surface area contributed by atoms with E-state index in [9.17, 15) is 19.1 Å². The largest absolute Gasteiger partial charge is 0.478 e. The van der Waals surface area contributed by atoms with Crippen molar-refractivity contribution in [1.82, 2.24) is 20.1 Å². The van der Waals surface area contributed by atoms with Crippen LogP contribution in [0.1, 0.15) is 22.2 Å². The quantitative estimate of drug-likeness (QED) is 0.643. The van der Waals surface area contributed by atoms with Crippen molar-refractivity contribution >= 4 is 40.8 Å². The second-order valence-corrected chi connectivity index (χ2v) is 9.55. The Bertz CT molecular complexity index is 1220. The minimum atomic E-state index is -1.13. The van der Waals surface area contributed by atoms with Crippen molar-refractivity contribution in [3.63, 3.8) is 0 Å². The summed E-state index contributed by atoms with van der Waals surface area (Å²) in [4.78, 5) is 37.1. The maximum Gasteiger partial charge on any atom is 0.410 e. The van der Waals surface area contributed by atoms with Crippen molar-refractivity contribution in [3.05, 3.63) is 62.0 Å². The summed E-state index contributed by atoms with van der Waals surface area (Å²) >= 11 is 7.53. The van der Waals surface area contributed by atoms with Crippen LogP contribution >= 0.6 is 22.9 Å². The number of nitrogens with one attached hydrogen (secondary N) is 1. The van der Waals surface area contributed by atoms with Crippen LogP contribution in [-0.2, 0) is 9.53 Å². The van der Waals surface area contributed by atoms with Gasteiger partial charge in [-0.3, -0.25) is 14.8 Å². The third-order valence-electron chi connectivity index (χ3n) is 6.25. The summed E-state index contributed by atoms with van der Waals surface area (Å²) in [6, 6.07) is 1.78. The zero-order chi connectivity index (χ0) is 24.0. The van der Waals surface area contributed by atoms with Gasteiger partial charge in [0.1, 0.15) is 18.5 Å². The zero-order valence-electron chi connectivity index (χ0n) is 18.1. The van der Waals surface area contributed by atoms with E-state index in [4.69, 9.17) is 16.3 Å². The molecule has 0 bridgehead atoms. The summed E-state index contributed by atoms with van der Waals surface area (Å²) in [5.74, 6) is -1.27. The lowest BCUT2D eigenvalue weighted by atomic mass is 9.92. The number of piperazine rings is 1. The topological polar surface area (TPSA) is 107 Å². The molecule has 2 aromatic rings. The molecule has 2 fully saturated rings. The highest BCUT2D eigenvalue weighted by Gasteiger charge is 2.39. The number of aliphatic carboxylic acids is 1. The van der Waals surface area contributed by atoms with Crippen molar-refractivity contribution in [2.75, 3.05) is 32.8 Å². The molecule has 0 saturated carbocycles. The fourth-order valence-corrected chi connectivity index (χ4v) is 5.29. The van der Waals surface area contributed by atoms with Gasteiger partial charge in [-0.05, 0) is 24.1 Å². The van der Waals surface area contributed by atoms with Crippen LogP contribution in [-0.4, -0.2) is 76.6 Å². The molecule has 1 amide bonds. The average molecular weight is 506 g/mol. The number of aliphatic imine (C=N–C) groups is 1. The summed E-state index contributed by atoms with van der Waals surface area (Å²) in [5, 5.41) is 15.7. The van der Waals surface area contributed by atoms with E-state index in [1.165, 1.54) is 23.5 Å². The minimum absolute atomic E-state index is 0.0599. The lowest BCUT2D eigenvalue weighted by Crippen LogP contribution is -2.53. The number of ether oxygens (including phenoxy) is 1. The van der Waals surface area contributed by atoms with Gasteiger partial charge in [0.2, 0.25) is 0 Å². The molecule has 2 saturated heterocycles. The molecule has 178 valence electrons. The van der Waals surface area contributed by atoms with E-state index in [0.29, 0.717) is 60.5 Å². The molecule has 0 radical (unpaired) electrons. The van der Waals surface area contributed by atoms with Gasteiger partial charge in [-0.25, -0.2) is 19.0 Å². The number of carbonyl (C=O) groups is 2. The fraction of sp³-hybridized carbons (Fsp3) is 0.364. The first-order valence-electron chi connectivity index (χ1n) is 10.6. The van der Waals surface area contributed by atoms with Gasteiger partial charge >= 0.3 is 12.1 Å². The first-order valence-corrected chi connectivity index (χ1v) is 11.9. The Kier molecular flexibility index (Phi) is 6.00. The number of benzene rings is 1. The van der Waals surface area contributed by atoms with Crippen LogP contribution in [0.2, 0.25) is 5.02 Å². The van der Waals surface area contributed by atoms with Crippen molar-refractivity contribution < 1.29 is 23.8 Å². The second kappa shape index (κ2) is 8.97. The molecule has 0 spiro atoms. The number of cyclic esters (lactones) is 1. The standard InChI is InChI=1S/C22H21ClFN5O4S/c1-11-13(2-3-14(24)17(11)23)18-16(21(30)31)15(26-19(27-18)20-25-4-7-34-20)9-28-5-6-29-12(8-28)10-33-22(29)32/h2-4,7,12,18H,5-6,8-10H2,1H3,(H,26,27)(H,30,31)/t12-,18-/m1/s1. The lowest BCUT2D eigenvalue weighted by molar-refractivity contribution is -0.133. The maximum absolute atomic E-state index is 14.0. The highest BCUT2D eigenvalue weighted by molar-refractivity contribution is 7.11. The van der Waals surface area contributed by atoms with Gasteiger partial charge in [0.05, 0.1) is 16.6 Å². The Morgan fingerprint density at radius 1 is 1.41 bits per heavy atom. The number of carbonyl (C=O) groups excluding carboxylic acids is 1. The van der Waals surface area contributed by atoms with Crippen LogP contribution in [0, 0.1) is 12.7 Å². The molecule has 1 aromatic heterocycles. The Morgan fingerprint density at radius 3 is 2.97 bits per heavy atom. The van der Waals surface area contributed by atoms with Crippen LogP contribution < -0.4 is 5.32 Å². The molecule has 12 heteroatoms. The minimum Gasteiger partial charge on any atom is -0.478 e. The van der Waals surface area contributed by atoms with E-state index in [0.717, 1.165) is 0 Å². The number of aromatic nitrogens is 1. The molecule has 9 nitrogen and oxygen atoms in total. The van der Waals surface area contributed by atoms with E-state index < -0.39 is 17.8 Å². The number of rotatable bonds is 5. The van der Waals surface area contributed by atoms with Gasteiger partial charge in [-0.15, -0.1) is 11.3 Å². The SMILES string of the molecule is Cc1c([C@H]2N=C(c3nccs3)NC(CN3CCN4C(=O)OC[C@H]4C3)=C2C(=O)O)ccc(F)c1Cl. The van der Waals surface area contributed by atoms with Gasteiger partial charge in [-0.2, -0.15) is 0 Å². The zero-order valence-corrected chi connectivity index (χ0v) is 19.7. The van der Waals surface area contributed by atoms with E-state index in [1.54, 1.807) is 23.4 Å². The van der Waals surface area contributed by atoms with E-state index in [1.807, 2.05) is 0 Å². The Hall–Kier alpha value is -3.02. The molecule has 4 heterocycles. The van der Waals surface area contributed by atoms with Crippen LogP contribution in [0.3, 0.4) is 0 Å². The van der Waals surface area contributed by atoms with Crippen LogP contribution in [0.15, 0.2) is 40.0 Å². The fourth-order valence-electron chi connectivity index (χ4n) is 4.53. The third kappa shape index (κ3) is 4.04. The van der Waals surface area contributed by atoms with Gasteiger partial charge < -0.3 is 15.2 Å². The van der Waals surface area contributed by atoms with Gasteiger partial charge in [0.25, 0.3) is 0 Å². The Balaban J connectivity index is 1.54. The highest BCUT2D eigenvalue weighted by atomic mass is 35.5. The number of nitrogens with zero attached hydrogens (tertiary/aromatic N) is 4. The molecule has 0 unspecified atom stereocenters. The summed E-state index contributed by atoms with van der Waals surface area (Å²) in [6.07, 6.45) is 1.33. The number of carboxylic acid groups (broad SMARTS) is 1. The molecule has 3 aliphatic rings. The number of carboxylic acids is 1. The van der Waals surface area contributed by atoms with Crippen molar-refractivity contribution in [3.8, 4) is 0 Å². The smallest absolute Gasteiger partial charge is 0.410 e. The van der Waals surface area contributed by atoms with Gasteiger partial charge in [0.15, 0.2) is 10.8 Å². The van der Waals surface area contributed by atoms with E-state index >= 15 is 0 Å². The average Bonchev–Trinajstić information content (AvgIpc) is 3.47. The molecule has 34 heavy (non-hydrogen) atoms. The van der Waals surface area contributed by atoms with Crippen LogP contribution in [0.5, 0.6) is 0 Å². The predicted molar refractivity (Wildman–Crippen MR) is 124 cm³/mol.